The topological polar surface area (TPSA) is 60.0 Å². The number of ether oxygens (including phenoxy) is 3. The van der Waals surface area contributed by atoms with Gasteiger partial charge < -0.3 is 24.6 Å². The van der Waals surface area contributed by atoms with Gasteiger partial charge in [0.25, 0.3) is 0 Å². The fourth-order valence-electron chi connectivity index (χ4n) is 1.77. The number of unbranched alkanes of at least 4 members (excludes halogenated alkanes) is 4. The standard InChI is InChI=1S/C16H35NO4/c1-2-3-11-19-13-15-21-16-14-20-12-9-17-8-6-4-5-7-10-18/h17-18H,2-16H2,1H3. The van der Waals surface area contributed by atoms with Crippen molar-refractivity contribution in [1.29, 1.82) is 0 Å². The van der Waals surface area contributed by atoms with Gasteiger partial charge in [-0.1, -0.05) is 26.2 Å². The van der Waals surface area contributed by atoms with E-state index >= 15 is 0 Å². The molecule has 0 aromatic rings. The van der Waals surface area contributed by atoms with Crippen LogP contribution >= 0.6 is 0 Å². The van der Waals surface area contributed by atoms with Crippen LogP contribution in [0.3, 0.4) is 0 Å². The summed E-state index contributed by atoms with van der Waals surface area (Å²) in [5, 5.41) is 12.0. The highest BCUT2D eigenvalue weighted by Gasteiger charge is 1.93. The summed E-state index contributed by atoms with van der Waals surface area (Å²) in [6, 6.07) is 0. The summed E-state index contributed by atoms with van der Waals surface area (Å²) in [7, 11) is 0. The summed E-state index contributed by atoms with van der Waals surface area (Å²) >= 11 is 0. The van der Waals surface area contributed by atoms with Crippen molar-refractivity contribution in [1.82, 2.24) is 5.32 Å². The number of aliphatic hydroxyl groups is 1. The van der Waals surface area contributed by atoms with E-state index in [4.69, 9.17) is 19.3 Å². The minimum atomic E-state index is 0.314. The zero-order chi connectivity index (χ0) is 15.4. The van der Waals surface area contributed by atoms with Crippen LogP contribution in [-0.2, 0) is 14.2 Å². The van der Waals surface area contributed by atoms with Crippen molar-refractivity contribution in [3.05, 3.63) is 0 Å². The molecule has 0 aliphatic heterocycles. The monoisotopic (exact) mass is 305 g/mol. The summed E-state index contributed by atoms with van der Waals surface area (Å²) < 4.78 is 16.3. The summed E-state index contributed by atoms with van der Waals surface area (Å²) in [4.78, 5) is 0. The molecule has 5 heteroatoms. The lowest BCUT2D eigenvalue weighted by atomic mass is 10.2. The molecule has 0 rings (SSSR count). The third-order valence-corrected chi connectivity index (χ3v) is 3.07. The van der Waals surface area contributed by atoms with Crippen LogP contribution in [0.4, 0.5) is 0 Å². The molecule has 21 heavy (non-hydrogen) atoms. The van der Waals surface area contributed by atoms with Crippen LogP contribution in [0.2, 0.25) is 0 Å². The van der Waals surface area contributed by atoms with Crippen LogP contribution in [0, 0.1) is 0 Å². The molecule has 0 bridgehead atoms. The van der Waals surface area contributed by atoms with E-state index in [0.717, 1.165) is 45.6 Å². The molecule has 0 amide bonds. The van der Waals surface area contributed by atoms with Gasteiger partial charge >= 0.3 is 0 Å². The molecule has 128 valence electrons. The van der Waals surface area contributed by atoms with Crippen LogP contribution in [-0.4, -0.2) is 64.4 Å². The predicted octanol–water partition coefficient (Wildman–Crippen LogP) is 1.98. The van der Waals surface area contributed by atoms with Gasteiger partial charge in [-0.25, -0.2) is 0 Å². The minimum absolute atomic E-state index is 0.314. The van der Waals surface area contributed by atoms with Gasteiger partial charge in [-0.15, -0.1) is 0 Å². The smallest absolute Gasteiger partial charge is 0.0701 e. The third kappa shape index (κ3) is 19.8. The molecular weight excluding hydrogens is 270 g/mol. The Balaban J connectivity index is 2.90. The molecule has 0 unspecified atom stereocenters. The second-order valence-corrected chi connectivity index (χ2v) is 5.08. The first-order valence-corrected chi connectivity index (χ1v) is 8.46. The normalized spacial score (nSPS) is 11.1. The predicted molar refractivity (Wildman–Crippen MR) is 85.8 cm³/mol. The Hall–Kier alpha value is -0.200. The summed E-state index contributed by atoms with van der Waals surface area (Å²) in [6.07, 6.45) is 6.69. The van der Waals surface area contributed by atoms with E-state index in [9.17, 15) is 0 Å². The van der Waals surface area contributed by atoms with Crippen molar-refractivity contribution in [2.75, 3.05) is 59.3 Å². The number of aliphatic hydroxyl groups excluding tert-OH is 1. The molecule has 0 aliphatic carbocycles. The van der Waals surface area contributed by atoms with Crippen molar-refractivity contribution >= 4 is 0 Å². The van der Waals surface area contributed by atoms with E-state index in [1.165, 1.54) is 19.3 Å². The van der Waals surface area contributed by atoms with Crippen LogP contribution in [0.25, 0.3) is 0 Å². The van der Waals surface area contributed by atoms with Gasteiger partial charge in [-0.3, -0.25) is 0 Å². The fraction of sp³-hybridized carbons (Fsp3) is 1.00. The number of nitrogens with one attached hydrogen (secondary N) is 1. The average molecular weight is 305 g/mol. The highest BCUT2D eigenvalue weighted by molar-refractivity contribution is 4.48. The Morgan fingerprint density at radius 1 is 0.667 bits per heavy atom. The molecular formula is C16H35NO4. The van der Waals surface area contributed by atoms with Crippen molar-refractivity contribution in [3.63, 3.8) is 0 Å². The Morgan fingerprint density at radius 2 is 1.29 bits per heavy atom. The number of rotatable bonds is 18. The van der Waals surface area contributed by atoms with Gasteiger partial charge in [0.05, 0.1) is 33.0 Å². The average Bonchev–Trinajstić information content (AvgIpc) is 2.50. The zero-order valence-corrected chi connectivity index (χ0v) is 13.8. The maximum absolute atomic E-state index is 8.64. The van der Waals surface area contributed by atoms with E-state index in [2.05, 4.69) is 12.2 Å². The Bertz CT molecular complexity index is 164. The first-order valence-electron chi connectivity index (χ1n) is 8.46. The lowest BCUT2D eigenvalue weighted by Gasteiger charge is -2.07. The van der Waals surface area contributed by atoms with Gasteiger partial charge in [0, 0.05) is 19.8 Å². The van der Waals surface area contributed by atoms with Crippen molar-refractivity contribution < 1.29 is 19.3 Å². The van der Waals surface area contributed by atoms with Crippen LogP contribution < -0.4 is 5.32 Å². The third-order valence-electron chi connectivity index (χ3n) is 3.07. The number of hydrogen-bond acceptors (Lipinski definition) is 5. The summed E-state index contributed by atoms with van der Waals surface area (Å²) in [5.41, 5.74) is 0. The molecule has 0 saturated heterocycles. The maximum Gasteiger partial charge on any atom is 0.0701 e. The molecule has 5 nitrogen and oxygen atoms in total. The first-order chi connectivity index (χ1) is 10.4. The highest BCUT2D eigenvalue weighted by Crippen LogP contribution is 1.97. The number of hydrogen-bond donors (Lipinski definition) is 2. The van der Waals surface area contributed by atoms with Crippen LogP contribution in [0.1, 0.15) is 45.4 Å². The molecule has 2 N–H and O–H groups in total. The van der Waals surface area contributed by atoms with Gasteiger partial charge in [0.2, 0.25) is 0 Å². The molecule has 0 atom stereocenters. The summed E-state index contributed by atoms with van der Waals surface area (Å²) in [6.45, 7) is 8.57. The molecule has 0 radical (unpaired) electrons. The zero-order valence-electron chi connectivity index (χ0n) is 13.8. The van der Waals surface area contributed by atoms with E-state index < -0.39 is 0 Å². The molecule has 0 aromatic carbocycles. The first kappa shape index (κ1) is 20.8. The van der Waals surface area contributed by atoms with Gasteiger partial charge in [-0.2, -0.15) is 0 Å². The SMILES string of the molecule is CCCCOCCOCCOCCNCCCCCCO. The maximum atomic E-state index is 8.64. The Labute approximate surface area is 130 Å². The van der Waals surface area contributed by atoms with Crippen molar-refractivity contribution in [2.24, 2.45) is 0 Å². The molecule has 0 spiro atoms. The van der Waals surface area contributed by atoms with E-state index in [1.54, 1.807) is 0 Å². The molecule has 0 heterocycles. The van der Waals surface area contributed by atoms with Gasteiger partial charge in [0.15, 0.2) is 0 Å². The van der Waals surface area contributed by atoms with Crippen molar-refractivity contribution in [2.45, 2.75) is 45.4 Å². The van der Waals surface area contributed by atoms with Crippen LogP contribution in [0.15, 0.2) is 0 Å². The fourth-order valence-corrected chi connectivity index (χ4v) is 1.77. The lowest BCUT2D eigenvalue weighted by Crippen LogP contribution is -2.21. The second kappa shape index (κ2) is 19.8. The Morgan fingerprint density at radius 3 is 1.95 bits per heavy atom. The van der Waals surface area contributed by atoms with Gasteiger partial charge in [0.1, 0.15) is 0 Å². The Kier molecular flexibility index (Phi) is 19.6. The molecule has 0 saturated carbocycles. The lowest BCUT2D eigenvalue weighted by molar-refractivity contribution is 0.0147. The van der Waals surface area contributed by atoms with E-state index in [-0.39, 0.29) is 0 Å². The molecule has 0 aromatic heterocycles. The van der Waals surface area contributed by atoms with E-state index in [0.29, 0.717) is 33.0 Å². The van der Waals surface area contributed by atoms with Gasteiger partial charge in [-0.05, 0) is 25.8 Å². The quantitative estimate of drug-likeness (QED) is 0.379. The summed E-state index contributed by atoms with van der Waals surface area (Å²) in [5.74, 6) is 0. The second-order valence-electron chi connectivity index (χ2n) is 5.08. The largest absolute Gasteiger partial charge is 0.396 e. The van der Waals surface area contributed by atoms with E-state index in [1.807, 2.05) is 0 Å². The minimum Gasteiger partial charge on any atom is -0.396 e. The van der Waals surface area contributed by atoms with Crippen molar-refractivity contribution in [3.8, 4) is 0 Å². The molecule has 0 aliphatic rings. The highest BCUT2D eigenvalue weighted by atomic mass is 16.5. The van der Waals surface area contributed by atoms with Crippen LogP contribution in [0.5, 0.6) is 0 Å². The molecule has 0 fully saturated rings.